The molecule has 1 aromatic carbocycles. The number of nitro benzene ring substituents is 1. The maximum Gasteiger partial charge on any atom is 0.274 e. The van der Waals surface area contributed by atoms with Crippen LogP contribution < -0.4 is 10.5 Å². The molecule has 1 aliphatic carbocycles. The Kier molecular flexibility index (Phi) is 2.55. The van der Waals surface area contributed by atoms with Gasteiger partial charge in [-0.05, 0) is 25.0 Å². The van der Waals surface area contributed by atoms with Crippen molar-refractivity contribution in [3.8, 4) is 5.75 Å². The fraction of sp³-hybridized carbons (Fsp3) is 0.400. The first-order chi connectivity index (χ1) is 7.20. The SMILES string of the molecule is NCc1cc(OC2CC2)ccc1[N+](=O)[O-]. The molecule has 1 aliphatic rings. The predicted molar refractivity (Wildman–Crippen MR) is 54.6 cm³/mol. The van der Waals surface area contributed by atoms with E-state index in [9.17, 15) is 10.1 Å². The summed E-state index contributed by atoms with van der Waals surface area (Å²) < 4.78 is 5.52. The van der Waals surface area contributed by atoms with Crippen LogP contribution in [0, 0.1) is 10.1 Å². The minimum absolute atomic E-state index is 0.0562. The molecule has 2 rings (SSSR count). The van der Waals surface area contributed by atoms with E-state index in [-0.39, 0.29) is 18.3 Å². The van der Waals surface area contributed by atoms with Gasteiger partial charge in [-0.2, -0.15) is 0 Å². The van der Waals surface area contributed by atoms with Gasteiger partial charge in [-0.15, -0.1) is 0 Å². The lowest BCUT2D eigenvalue weighted by Crippen LogP contribution is -2.03. The van der Waals surface area contributed by atoms with E-state index >= 15 is 0 Å². The van der Waals surface area contributed by atoms with Crippen molar-refractivity contribution in [2.75, 3.05) is 0 Å². The first-order valence-electron chi connectivity index (χ1n) is 4.84. The van der Waals surface area contributed by atoms with Crippen LogP contribution >= 0.6 is 0 Å². The fourth-order valence-corrected chi connectivity index (χ4v) is 1.36. The molecule has 0 bridgehead atoms. The summed E-state index contributed by atoms with van der Waals surface area (Å²) in [7, 11) is 0. The van der Waals surface area contributed by atoms with Crippen molar-refractivity contribution >= 4 is 5.69 Å². The molecule has 5 heteroatoms. The Labute approximate surface area is 87.0 Å². The van der Waals surface area contributed by atoms with Crippen LogP contribution in [0.25, 0.3) is 0 Å². The number of rotatable bonds is 4. The van der Waals surface area contributed by atoms with Crippen LogP contribution in [0.5, 0.6) is 5.75 Å². The first kappa shape index (κ1) is 9.92. The van der Waals surface area contributed by atoms with Gasteiger partial charge >= 0.3 is 0 Å². The average Bonchev–Trinajstić information content (AvgIpc) is 3.01. The van der Waals surface area contributed by atoms with Crippen molar-refractivity contribution in [2.45, 2.75) is 25.5 Å². The summed E-state index contributed by atoms with van der Waals surface area (Å²) >= 11 is 0. The van der Waals surface area contributed by atoms with E-state index in [2.05, 4.69) is 0 Å². The third-order valence-corrected chi connectivity index (χ3v) is 2.29. The lowest BCUT2D eigenvalue weighted by Gasteiger charge is -2.06. The van der Waals surface area contributed by atoms with E-state index in [4.69, 9.17) is 10.5 Å². The highest BCUT2D eigenvalue weighted by molar-refractivity contribution is 5.45. The predicted octanol–water partition coefficient (Wildman–Crippen LogP) is 1.59. The van der Waals surface area contributed by atoms with Gasteiger partial charge in [0.2, 0.25) is 0 Å². The summed E-state index contributed by atoms with van der Waals surface area (Å²) in [4.78, 5) is 10.2. The standard InChI is InChI=1S/C10H12N2O3/c11-6-7-5-9(15-8-1-2-8)3-4-10(7)12(13)14/h3-5,8H,1-2,6,11H2. The molecule has 0 saturated heterocycles. The van der Waals surface area contributed by atoms with Crippen LogP contribution in [-0.2, 0) is 6.54 Å². The van der Waals surface area contributed by atoms with Gasteiger partial charge in [0.1, 0.15) is 5.75 Å². The number of hydrogen-bond donors (Lipinski definition) is 1. The molecule has 80 valence electrons. The highest BCUT2D eigenvalue weighted by Gasteiger charge is 2.24. The number of ether oxygens (including phenoxy) is 1. The van der Waals surface area contributed by atoms with Crippen molar-refractivity contribution in [2.24, 2.45) is 5.73 Å². The van der Waals surface area contributed by atoms with E-state index < -0.39 is 4.92 Å². The van der Waals surface area contributed by atoms with E-state index in [1.54, 1.807) is 12.1 Å². The molecule has 0 atom stereocenters. The summed E-state index contributed by atoms with van der Waals surface area (Å²) in [5, 5.41) is 10.6. The first-order valence-corrected chi connectivity index (χ1v) is 4.84. The van der Waals surface area contributed by atoms with Gasteiger partial charge in [-0.1, -0.05) is 0 Å². The molecular formula is C10H12N2O3. The number of nitrogens with zero attached hydrogens (tertiary/aromatic N) is 1. The normalized spacial score (nSPS) is 15.0. The van der Waals surface area contributed by atoms with Gasteiger partial charge < -0.3 is 10.5 Å². The molecule has 1 aromatic rings. The average molecular weight is 208 g/mol. The lowest BCUT2D eigenvalue weighted by molar-refractivity contribution is -0.385. The molecule has 0 spiro atoms. The molecule has 0 heterocycles. The second kappa shape index (κ2) is 3.86. The van der Waals surface area contributed by atoms with Gasteiger partial charge in [0.25, 0.3) is 5.69 Å². The molecule has 5 nitrogen and oxygen atoms in total. The zero-order valence-electron chi connectivity index (χ0n) is 8.18. The zero-order valence-corrected chi connectivity index (χ0v) is 8.18. The summed E-state index contributed by atoms with van der Waals surface area (Å²) in [6.45, 7) is 0.151. The van der Waals surface area contributed by atoms with Crippen LogP contribution in [0.4, 0.5) is 5.69 Å². The lowest BCUT2D eigenvalue weighted by atomic mass is 10.1. The highest BCUT2D eigenvalue weighted by atomic mass is 16.6. The van der Waals surface area contributed by atoms with Gasteiger partial charge in [0.05, 0.1) is 11.0 Å². The number of nitro groups is 1. The van der Waals surface area contributed by atoms with E-state index in [1.807, 2.05) is 0 Å². The smallest absolute Gasteiger partial charge is 0.274 e. The van der Waals surface area contributed by atoms with Crippen LogP contribution in [0.2, 0.25) is 0 Å². The van der Waals surface area contributed by atoms with Gasteiger partial charge in [-0.25, -0.2) is 0 Å². The minimum atomic E-state index is -0.427. The molecular weight excluding hydrogens is 196 g/mol. The Hall–Kier alpha value is -1.62. The molecule has 0 aliphatic heterocycles. The summed E-state index contributed by atoms with van der Waals surface area (Å²) in [5.41, 5.74) is 6.01. The summed E-state index contributed by atoms with van der Waals surface area (Å²) in [5.74, 6) is 0.670. The number of nitrogens with two attached hydrogens (primary N) is 1. The van der Waals surface area contributed by atoms with E-state index in [0.717, 1.165) is 12.8 Å². The molecule has 2 N–H and O–H groups in total. The molecule has 1 saturated carbocycles. The minimum Gasteiger partial charge on any atom is -0.490 e. The molecule has 0 aromatic heterocycles. The second-order valence-corrected chi connectivity index (χ2v) is 3.57. The van der Waals surface area contributed by atoms with Gasteiger partial charge in [0.15, 0.2) is 0 Å². The van der Waals surface area contributed by atoms with Crippen LogP contribution in [0.15, 0.2) is 18.2 Å². The molecule has 0 unspecified atom stereocenters. The van der Waals surface area contributed by atoms with Gasteiger partial charge in [-0.3, -0.25) is 10.1 Å². The Morgan fingerprint density at radius 3 is 2.80 bits per heavy atom. The monoisotopic (exact) mass is 208 g/mol. The number of benzene rings is 1. The summed E-state index contributed by atoms with van der Waals surface area (Å²) in [6, 6.07) is 4.71. The van der Waals surface area contributed by atoms with Crippen molar-refractivity contribution in [1.29, 1.82) is 0 Å². The van der Waals surface area contributed by atoms with Crippen LogP contribution in [-0.4, -0.2) is 11.0 Å². The fourth-order valence-electron chi connectivity index (χ4n) is 1.36. The van der Waals surface area contributed by atoms with Crippen LogP contribution in [0.3, 0.4) is 0 Å². The third-order valence-electron chi connectivity index (χ3n) is 2.29. The maximum absolute atomic E-state index is 10.6. The second-order valence-electron chi connectivity index (χ2n) is 3.57. The van der Waals surface area contributed by atoms with Crippen molar-refractivity contribution in [3.05, 3.63) is 33.9 Å². The zero-order chi connectivity index (χ0) is 10.8. The van der Waals surface area contributed by atoms with E-state index in [1.165, 1.54) is 6.07 Å². The number of hydrogen-bond acceptors (Lipinski definition) is 4. The van der Waals surface area contributed by atoms with E-state index in [0.29, 0.717) is 11.3 Å². The molecule has 1 fully saturated rings. The van der Waals surface area contributed by atoms with Gasteiger partial charge in [0, 0.05) is 18.2 Å². The highest BCUT2D eigenvalue weighted by Crippen LogP contribution is 2.29. The molecule has 0 amide bonds. The quantitative estimate of drug-likeness (QED) is 0.602. The van der Waals surface area contributed by atoms with Crippen LogP contribution in [0.1, 0.15) is 18.4 Å². The topological polar surface area (TPSA) is 78.4 Å². The Morgan fingerprint density at radius 2 is 2.27 bits per heavy atom. The van der Waals surface area contributed by atoms with Crippen molar-refractivity contribution in [3.63, 3.8) is 0 Å². The maximum atomic E-state index is 10.6. The largest absolute Gasteiger partial charge is 0.490 e. The molecule has 15 heavy (non-hydrogen) atoms. The van der Waals surface area contributed by atoms with Crippen molar-refractivity contribution < 1.29 is 9.66 Å². The molecule has 0 radical (unpaired) electrons. The summed E-state index contributed by atoms with van der Waals surface area (Å²) in [6.07, 6.45) is 2.42. The Balaban J connectivity index is 2.24. The Bertz CT molecular complexity index is 388. The third kappa shape index (κ3) is 2.24. The van der Waals surface area contributed by atoms with Crippen molar-refractivity contribution in [1.82, 2.24) is 0 Å². The Morgan fingerprint density at radius 1 is 1.53 bits per heavy atom.